The number of anilines is 1. The molecule has 0 bridgehead atoms. The molecular formula is C32H43FN4O7S. The third kappa shape index (κ3) is 8.31. The van der Waals surface area contributed by atoms with E-state index in [-0.39, 0.29) is 38.8 Å². The molecule has 1 atom stereocenters. The lowest BCUT2D eigenvalue weighted by Gasteiger charge is -2.41. The quantitative estimate of drug-likeness (QED) is 0.426. The smallest absolute Gasteiger partial charge is 0.408 e. The highest BCUT2D eigenvalue weighted by atomic mass is 32.2. The lowest BCUT2D eigenvalue weighted by molar-refractivity contribution is -0.141. The van der Waals surface area contributed by atoms with Crippen LogP contribution in [0.15, 0.2) is 48.5 Å². The number of nitrogens with zero attached hydrogens (tertiary/aromatic N) is 2. The molecular weight excluding hydrogens is 603 g/mol. The monoisotopic (exact) mass is 646 g/mol. The minimum Gasteiger partial charge on any atom is -0.444 e. The number of carbonyl (C=O) groups excluding carboxylic acids is 3. The van der Waals surface area contributed by atoms with Gasteiger partial charge in [0.05, 0.1) is 25.2 Å². The molecule has 0 unspecified atom stereocenters. The first-order valence-electron chi connectivity index (χ1n) is 14.9. The molecule has 2 aromatic carbocycles. The molecule has 1 fully saturated rings. The molecule has 0 aromatic heterocycles. The van der Waals surface area contributed by atoms with Crippen molar-refractivity contribution < 1.29 is 36.7 Å². The Hall–Kier alpha value is -3.71. The van der Waals surface area contributed by atoms with E-state index in [1.165, 1.54) is 36.4 Å². The Morgan fingerprint density at radius 2 is 1.67 bits per heavy atom. The lowest BCUT2D eigenvalue weighted by Crippen LogP contribution is -2.61. The molecule has 1 spiro atoms. The Labute approximate surface area is 264 Å². The molecule has 4 rings (SSSR count). The molecule has 2 aliphatic rings. The first-order chi connectivity index (χ1) is 20.9. The van der Waals surface area contributed by atoms with Crippen LogP contribution in [0.25, 0.3) is 0 Å². The number of alkyl carbamates (subject to hydrolysis) is 1. The molecule has 45 heavy (non-hydrogen) atoms. The van der Waals surface area contributed by atoms with Gasteiger partial charge in [-0.05, 0) is 76.8 Å². The number of halogens is 1. The van der Waals surface area contributed by atoms with Crippen molar-refractivity contribution in [2.45, 2.75) is 76.7 Å². The zero-order valence-corrected chi connectivity index (χ0v) is 27.5. The first-order valence-corrected chi connectivity index (χ1v) is 16.8. The number of fused-ring (bicyclic) bond motifs is 2. The molecule has 1 saturated heterocycles. The average Bonchev–Trinajstić information content (AvgIpc) is 3.25. The Bertz CT molecular complexity index is 1520. The topological polar surface area (TPSA) is 134 Å². The average molecular weight is 647 g/mol. The standard InChI is InChI=1S/C32H43FN4O7S/c1-30(2,3)44-29(40)35-31(4,5)28(39)34-25(20-43-19-22-10-8-7-9-11-22)27(38)36-16-14-32(15-17-36)21-37(45(6,41)42)26-13-12-23(33)18-24(26)32/h7-13,18,25H,14-17,19-21H2,1-6H3,(H,34,39)(H,35,40)/t25-/m1/s1. The molecule has 11 nitrogen and oxygen atoms in total. The fraction of sp³-hybridized carbons (Fsp3) is 0.531. The second kappa shape index (κ2) is 13.0. The molecule has 3 amide bonds. The van der Waals surface area contributed by atoms with Gasteiger partial charge in [0.25, 0.3) is 0 Å². The van der Waals surface area contributed by atoms with Crippen LogP contribution >= 0.6 is 0 Å². The number of likely N-dealkylation sites (tertiary alicyclic amines) is 1. The van der Waals surface area contributed by atoms with Gasteiger partial charge in [0.1, 0.15) is 23.0 Å². The number of amides is 3. The summed E-state index contributed by atoms with van der Waals surface area (Å²) in [6, 6.07) is 12.4. The number of piperidine rings is 1. The molecule has 0 radical (unpaired) electrons. The highest BCUT2D eigenvalue weighted by Gasteiger charge is 2.48. The molecule has 0 saturated carbocycles. The van der Waals surface area contributed by atoms with Gasteiger partial charge in [-0.1, -0.05) is 30.3 Å². The van der Waals surface area contributed by atoms with Gasteiger partial charge in [0.2, 0.25) is 21.8 Å². The number of ether oxygens (including phenoxy) is 2. The molecule has 246 valence electrons. The molecule has 0 aliphatic carbocycles. The maximum atomic E-state index is 14.3. The number of sulfonamides is 1. The molecule has 13 heteroatoms. The first kappa shape index (κ1) is 34.2. The minimum atomic E-state index is -3.60. The predicted molar refractivity (Wildman–Crippen MR) is 168 cm³/mol. The molecule has 2 N–H and O–H groups in total. The van der Waals surface area contributed by atoms with Crippen molar-refractivity contribution in [3.63, 3.8) is 0 Å². The summed E-state index contributed by atoms with van der Waals surface area (Å²) in [4.78, 5) is 41.3. The summed E-state index contributed by atoms with van der Waals surface area (Å²) in [5.74, 6) is -1.44. The molecule has 2 heterocycles. The van der Waals surface area contributed by atoms with Crippen molar-refractivity contribution in [2.24, 2.45) is 0 Å². The van der Waals surface area contributed by atoms with E-state index in [0.717, 1.165) is 11.8 Å². The van der Waals surface area contributed by atoms with Crippen molar-refractivity contribution in [1.29, 1.82) is 0 Å². The maximum Gasteiger partial charge on any atom is 0.408 e. The van der Waals surface area contributed by atoms with Crippen LogP contribution in [0.3, 0.4) is 0 Å². The number of nitrogens with one attached hydrogen (secondary N) is 2. The van der Waals surface area contributed by atoms with Gasteiger partial charge in [-0.2, -0.15) is 0 Å². The van der Waals surface area contributed by atoms with Crippen LogP contribution in [0.1, 0.15) is 58.6 Å². The van der Waals surface area contributed by atoms with Crippen LogP contribution in [0.2, 0.25) is 0 Å². The minimum absolute atomic E-state index is 0.125. The lowest BCUT2D eigenvalue weighted by atomic mass is 9.74. The zero-order chi connectivity index (χ0) is 33.2. The highest BCUT2D eigenvalue weighted by Crippen LogP contribution is 2.48. The second-order valence-corrected chi connectivity index (χ2v) is 15.2. The summed E-state index contributed by atoms with van der Waals surface area (Å²) in [5.41, 5.74) is -0.873. The van der Waals surface area contributed by atoms with Crippen LogP contribution in [0, 0.1) is 5.82 Å². The SMILES string of the molecule is CC(C)(C)OC(=O)NC(C)(C)C(=O)N[C@H](COCc1ccccc1)C(=O)N1CCC2(CC1)CN(S(C)(=O)=O)c1ccc(F)cc12. The highest BCUT2D eigenvalue weighted by molar-refractivity contribution is 7.92. The van der Waals surface area contributed by atoms with Crippen LogP contribution in [-0.2, 0) is 41.1 Å². The van der Waals surface area contributed by atoms with E-state index in [2.05, 4.69) is 10.6 Å². The Kier molecular flexibility index (Phi) is 9.84. The normalized spacial score (nSPS) is 17.0. The fourth-order valence-electron chi connectivity index (χ4n) is 5.69. The van der Waals surface area contributed by atoms with Gasteiger partial charge in [-0.3, -0.25) is 13.9 Å². The van der Waals surface area contributed by atoms with E-state index in [0.29, 0.717) is 24.1 Å². The van der Waals surface area contributed by atoms with Crippen molar-refractivity contribution in [3.8, 4) is 0 Å². The van der Waals surface area contributed by atoms with Gasteiger partial charge < -0.3 is 25.0 Å². The fourth-order valence-corrected chi connectivity index (χ4v) is 6.69. The van der Waals surface area contributed by atoms with Crippen molar-refractivity contribution in [2.75, 3.05) is 36.8 Å². The molecule has 2 aromatic rings. The van der Waals surface area contributed by atoms with Crippen LogP contribution < -0.4 is 14.9 Å². The van der Waals surface area contributed by atoms with E-state index in [4.69, 9.17) is 9.47 Å². The van der Waals surface area contributed by atoms with Crippen molar-refractivity contribution in [3.05, 3.63) is 65.5 Å². The summed E-state index contributed by atoms with van der Waals surface area (Å²) in [5, 5.41) is 5.32. The number of hydrogen-bond donors (Lipinski definition) is 2. The van der Waals surface area contributed by atoms with Crippen LogP contribution in [0.5, 0.6) is 0 Å². The number of hydrogen-bond acceptors (Lipinski definition) is 7. The van der Waals surface area contributed by atoms with Crippen LogP contribution in [0.4, 0.5) is 14.9 Å². The predicted octanol–water partition coefficient (Wildman–Crippen LogP) is 3.47. The maximum absolute atomic E-state index is 14.3. The van der Waals surface area contributed by atoms with E-state index in [9.17, 15) is 27.2 Å². The van der Waals surface area contributed by atoms with Gasteiger partial charge in [-0.15, -0.1) is 0 Å². The van der Waals surface area contributed by atoms with E-state index < -0.39 is 50.4 Å². The number of rotatable bonds is 9. The Balaban J connectivity index is 1.49. The third-order valence-electron chi connectivity index (χ3n) is 8.06. The molecule has 2 aliphatic heterocycles. The number of benzene rings is 2. The van der Waals surface area contributed by atoms with Gasteiger partial charge in [-0.25, -0.2) is 17.6 Å². The van der Waals surface area contributed by atoms with Crippen molar-refractivity contribution in [1.82, 2.24) is 15.5 Å². The second-order valence-electron chi connectivity index (χ2n) is 13.3. The summed E-state index contributed by atoms with van der Waals surface area (Å²) in [6.45, 7) is 8.92. The van der Waals surface area contributed by atoms with Gasteiger partial charge in [0, 0.05) is 25.0 Å². The Morgan fingerprint density at radius 3 is 2.27 bits per heavy atom. The largest absolute Gasteiger partial charge is 0.444 e. The zero-order valence-electron chi connectivity index (χ0n) is 26.7. The van der Waals surface area contributed by atoms with Gasteiger partial charge >= 0.3 is 6.09 Å². The number of carbonyl (C=O) groups is 3. The summed E-state index contributed by atoms with van der Waals surface area (Å²) in [6.07, 6.45) is 1.15. The summed E-state index contributed by atoms with van der Waals surface area (Å²) in [7, 11) is -3.60. The van der Waals surface area contributed by atoms with E-state index in [1.807, 2.05) is 30.3 Å². The van der Waals surface area contributed by atoms with E-state index in [1.54, 1.807) is 25.7 Å². The third-order valence-corrected chi connectivity index (χ3v) is 9.18. The van der Waals surface area contributed by atoms with Crippen molar-refractivity contribution >= 4 is 33.6 Å². The summed E-state index contributed by atoms with van der Waals surface area (Å²) >= 11 is 0. The van der Waals surface area contributed by atoms with E-state index >= 15 is 0 Å². The van der Waals surface area contributed by atoms with Crippen LogP contribution in [-0.4, -0.2) is 80.9 Å². The Morgan fingerprint density at radius 1 is 1.02 bits per heavy atom. The van der Waals surface area contributed by atoms with Gasteiger partial charge in [0.15, 0.2) is 0 Å². The summed E-state index contributed by atoms with van der Waals surface area (Å²) < 4.78 is 51.9.